The lowest BCUT2D eigenvalue weighted by Gasteiger charge is -2.25. The molecule has 1 fully saturated rings. The van der Waals surface area contributed by atoms with Crippen molar-refractivity contribution in [1.82, 2.24) is 5.32 Å². The van der Waals surface area contributed by atoms with Gasteiger partial charge in [-0.15, -0.1) is 0 Å². The second kappa shape index (κ2) is 5.91. The molecule has 0 aliphatic carbocycles. The van der Waals surface area contributed by atoms with Gasteiger partial charge in [0.25, 0.3) is 0 Å². The fourth-order valence-corrected chi connectivity index (χ4v) is 2.60. The first-order valence-corrected chi connectivity index (χ1v) is 7.18. The van der Waals surface area contributed by atoms with E-state index in [1.807, 2.05) is 0 Å². The third kappa shape index (κ3) is 4.00. The second-order valence-electron chi connectivity index (χ2n) is 6.53. The van der Waals surface area contributed by atoms with Gasteiger partial charge in [-0.1, -0.05) is 18.2 Å². The largest absolute Gasteiger partial charge is 0.460 e. The number of halogens is 3. The Labute approximate surface area is 127 Å². The molecule has 0 unspecified atom stereocenters. The van der Waals surface area contributed by atoms with Crippen LogP contribution in [0.1, 0.15) is 37.8 Å². The van der Waals surface area contributed by atoms with Crippen molar-refractivity contribution in [3.8, 4) is 0 Å². The van der Waals surface area contributed by atoms with Crippen LogP contribution in [0.3, 0.4) is 0 Å². The van der Waals surface area contributed by atoms with Crippen molar-refractivity contribution < 1.29 is 22.7 Å². The lowest BCUT2D eigenvalue weighted by atomic mass is 9.88. The molecule has 1 aromatic carbocycles. The highest BCUT2D eigenvalue weighted by Gasteiger charge is 2.38. The number of esters is 1. The van der Waals surface area contributed by atoms with Gasteiger partial charge >= 0.3 is 12.1 Å². The predicted octanol–water partition coefficient (Wildman–Crippen LogP) is 3.35. The minimum absolute atomic E-state index is 0.308. The molecule has 2 rings (SSSR count). The Morgan fingerprint density at radius 1 is 1.23 bits per heavy atom. The summed E-state index contributed by atoms with van der Waals surface area (Å²) in [5, 5.41) is 3.06. The Hall–Kier alpha value is -1.56. The van der Waals surface area contributed by atoms with E-state index in [9.17, 15) is 18.0 Å². The van der Waals surface area contributed by atoms with Crippen LogP contribution in [0.4, 0.5) is 13.2 Å². The molecule has 6 heteroatoms. The van der Waals surface area contributed by atoms with Gasteiger partial charge in [0.1, 0.15) is 5.60 Å². The van der Waals surface area contributed by atoms with E-state index in [0.29, 0.717) is 18.7 Å². The number of ether oxygens (including phenoxy) is 1. The Bertz CT molecular complexity index is 549. The van der Waals surface area contributed by atoms with Crippen LogP contribution in [0.5, 0.6) is 0 Å². The van der Waals surface area contributed by atoms with E-state index in [1.54, 1.807) is 26.8 Å². The quantitative estimate of drug-likeness (QED) is 0.851. The molecule has 1 aliphatic rings. The van der Waals surface area contributed by atoms with Crippen LogP contribution >= 0.6 is 0 Å². The zero-order valence-corrected chi connectivity index (χ0v) is 12.8. The third-order valence-corrected chi connectivity index (χ3v) is 3.57. The molecule has 1 N–H and O–H groups in total. The Morgan fingerprint density at radius 3 is 2.50 bits per heavy atom. The van der Waals surface area contributed by atoms with Gasteiger partial charge in [-0.3, -0.25) is 4.79 Å². The normalized spacial score (nSPS) is 22.6. The molecule has 1 heterocycles. The molecule has 0 spiro atoms. The average molecular weight is 315 g/mol. The smallest absolute Gasteiger partial charge is 0.416 e. The van der Waals surface area contributed by atoms with Crippen molar-refractivity contribution in [2.45, 2.75) is 38.5 Å². The van der Waals surface area contributed by atoms with Crippen LogP contribution in [0.2, 0.25) is 0 Å². The van der Waals surface area contributed by atoms with Crippen molar-refractivity contribution in [2.24, 2.45) is 5.92 Å². The molecule has 0 radical (unpaired) electrons. The summed E-state index contributed by atoms with van der Waals surface area (Å²) in [7, 11) is 0. The van der Waals surface area contributed by atoms with Crippen molar-refractivity contribution in [1.29, 1.82) is 0 Å². The maximum absolute atomic E-state index is 12.8. The van der Waals surface area contributed by atoms with E-state index in [4.69, 9.17) is 4.74 Å². The summed E-state index contributed by atoms with van der Waals surface area (Å²) in [4.78, 5) is 12.2. The number of hydrogen-bond donors (Lipinski definition) is 1. The SMILES string of the molecule is CC(C)(C)OC(=O)[C@@H]1CNC[C@H]1c1cccc(C(F)(F)F)c1. The van der Waals surface area contributed by atoms with Gasteiger partial charge in [0.05, 0.1) is 11.5 Å². The van der Waals surface area contributed by atoms with Crippen molar-refractivity contribution in [3.63, 3.8) is 0 Å². The molecule has 3 nitrogen and oxygen atoms in total. The maximum atomic E-state index is 12.8. The minimum atomic E-state index is -4.39. The molecule has 1 saturated heterocycles. The summed E-state index contributed by atoms with van der Waals surface area (Å²) in [5.74, 6) is -1.15. The molecule has 22 heavy (non-hydrogen) atoms. The predicted molar refractivity (Wildman–Crippen MR) is 76.4 cm³/mol. The van der Waals surface area contributed by atoms with Crippen molar-refractivity contribution in [2.75, 3.05) is 13.1 Å². The lowest BCUT2D eigenvalue weighted by molar-refractivity contribution is -0.159. The van der Waals surface area contributed by atoms with E-state index in [2.05, 4.69) is 5.32 Å². The highest BCUT2D eigenvalue weighted by Crippen LogP contribution is 2.35. The monoisotopic (exact) mass is 315 g/mol. The van der Waals surface area contributed by atoms with Crippen LogP contribution in [0, 0.1) is 5.92 Å². The molecule has 0 saturated carbocycles. The van der Waals surface area contributed by atoms with E-state index >= 15 is 0 Å². The zero-order chi connectivity index (χ0) is 16.5. The summed E-state index contributed by atoms with van der Waals surface area (Å²) in [6.07, 6.45) is -4.39. The molecule has 0 amide bonds. The van der Waals surface area contributed by atoms with E-state index in [0.717, 1.165) is 12.1 Å². The number of rotatable bonds is 2. The summed E-state index contributed by atoms with van der Waals surface area (Å²) in [6.45, 7) is 6.19. The Morgan fingerprint density at radius 2 is 1.91 bits per heavy atom. The van der Waals surface area contributed by atoms with Gasteiger partial charge in [-0.25, -0.2) is 0 Å². The molecular formula is C16H20F3NO2. The standard InChI is InChI=1S/C16H20F3NO2/c1-15(2,3)22-14(21)13-9-20-8-12(13)10-5-4-6-11(7-10)16(17,18)19/h4-7,12-13,20H,8-9H2,1-3H3/t12-,13+/m0/s1. The first-order chi connectivity index (χ1) is 10.1. The summed E-state index contributed by atoms with van der Waals surface area (Å²) >= 11 is 0. The van der Waals surface area contributed by atoms with Gasteiger partial charge in [-0.2, -0.15) is 13.2 Å². The summed E-state index contributed by atoms with van der Waals surface area (Å²) in [6, 6.07) is 5.16. The van der Waals surface area contributed by atoms with Crippen molar-refractivity contribution in [3.05, 3.63) is 35.4 Å². The molecular weight excluding hydrogens is 295 g/mol. The molecule has 1 aromatic rings. The van der Waals surface area contributed by atoms with E-state index in [1.165, 1.54) is 6.07 Å². The van der Waals surface area contributed by atoms with Crippen LogP contribution in [0.15, 0.2) is 24.3 Å². The van der Waals surface area contributed by atoms with E-state index in [-0.39, 0.29) is 11.9 Å². The summed E-state index contributed by atoms with van der Waals surface area (Å²) < 4.78 is 43.8. The topological polar surface area (TPSA) is 38.3 Å². The highest BCUT2D eigenvalue weighted by molar-refractivity contribution is 5.75. The van der Waals surface area contributed by atoms with Crippen LogP contribution in [-0.4, -0.2) is 24.7 Å². The maximum Gasteiger partial charge on any atom is 0.416 e. The molecule has 0 aromatic heterocycles. The van der Waals surface area contributed by atoms with Crippen LogP contribution in [-0.2, 0) is 15.7 Å². The van der Waals surface area contributed by atoms with Gasteiger partial charge < -0.3 is 10.1 Å². The molecule has 1 aliphatic heterocycles. The van der Waals surface area contributed by atoms with Gasteiger partial charge in [0, 0.05) is 19.0 Å². The van der Waals surface area contributed by atoms with Crippen molar-refractivity contribution >= 4 is 5.97 Å². The number of benzene rings is 1. The zero-order valence-electron chi connectivity index (χ0n) is 12.8. The summed E-state index contributed by atoms with van der Waals surface area (Å²) in [5.41, 5.74) is -0.798. The minimum Gasteiger partial charge on any atom is -0.460 e. The molecule has 0 bridgehead atoms. The van der Waals surface area contributed by atoms with Gasteiger partial charge in [0.15, 0.2) is 0 Å². The first kappa shape index (κ1) is 16.8. The highest BCUT2D eigenvalue weighted by atomic mass is 19.4. The fraction of sp³-hybridized carbons (Fsp3) is 0.562. The van der Waals surface area contributed by atoms with E-state index < -0.39 is 23.3 Å². The van der Waals surface area contributed by atoms with Crippen LogP contribution in [0.25, 0.3) is 0 Å². The Balaban J connectivity index is 2.22. The van der Waals surface area contributed by atoms with Gasteiger partial charge in [0.2, 0.25) is 0 Å². The van der Waals surface area contributed by atoms with Crippen LogP contribution < -0.4 is 5.32 Å². The molecule has 122 valence electrons. The number of hydrogen-bond acceptors (Lipinski definition) is 3. The fourth-order valence-electron chi connectivity index (χ4n) is 2.60. The third-order valence-electron chi connectivity index (χ3n) is 3.57. The number of alkyl halides is 3. The number of carbonyl (C=O) groups is 1. The average Bonchev–Trinajstić information content (AvgIpc) is 2.85. The number of carbonyl (C=O) groups excluding carboxylic acids is 1. The Kier molecular flexibility index (Phi) is 4.52. The first-order valence-electron chi connectivity index (χ1n) is 7.18. The number of nitrogens with one attached hydrogen (secondary N) is 1. The lowest BCUT2D eigenvalue weighted by Crippen LogP contribution is -2.31. The van der Waals surface area contributed by atoms with Gasteiger partial charge in [-0.05, 0) is 32.4 Å². The second-order valence-corrected chi connectivity index (χ2v) is 6.53. The molecule has 2 atom stereocenters.